The Morgan fingerprint density at radius 3 is 2.35 bits per heavy atom. The lowest BCUT2D eigenvalue weighted by Gasteiger charge is -2.18. The van der Waals surface area contributed by atoms with Crippen LogP contribution in [-0.4, -0.2) is 36.0 Å². The second-order valence-electron chi connectivity index (χ2n) is 5.08. The van der Waals surface area contributed by atoms with Crippen LogP contribution in [0.1, 0.15) is 25.7 Å². The molecule has 92 valence electrons. The van der Waals surface area contributed by atoms with Gasteiger partial charge in [-0.25, -0.2) is 0 Å². The SMILES string of the molecule is O=C1[C@@H]2CC=CC[C@H]2C(=O)N1C[C@@H]1CCCO1. The first kappa shape index (κ1) is 11.0. The van der Waals surface area contributed by atoms with Crippen molar-refractivity contribution in [1.29, 1.82) is 0 Å². The Bertz CT molecular complexity index is 345. The van der Waals surface area contributed by atoms with E-state index in [1.165, 1.54) is 4.90 Å². The molecule has 0 unspecified atom stereocenters. The molecule has 2 heterocycles. The molecule has 0 spiro atoms. The monoisotopic (exact) mass is 235 g/mol. The first-order chi connectivity index (χ1) is 8.27. The lowest BCUT2D eigenvalue weighted by atomic mass is 9.85. The molecule has 2 fully saturated rings. The van der Waals surface area contributed by atoms with E-state index in [0.29, 0.717) is 6.54 Å². The highest BCUT2D eigenvalue weighted by Crippen LogP contribution is 2.35. The van der Waals surface area contributed by atoms with Gasteiger partial charge < -0.3 is 4.74 Å². The molecule has 0 radical (unpaired) electrons. The summed E-state index contributed by atoms with van der Waals surface area (Å²) in [5.41, 5.74) is 0. The van der Waals surface area contributed by atoms with Crippen LogP contribution in [0.25, 0.3) is 0 Å². The summed E-state index contributed by atoms with van der Waals surface area (Å²) in [5, 5.41) is 0. The third kappa shape index (κ3) is 1.80. The Balaban J connectivity index is 1.73. The topological polar surface area (TPSA) is 46.6 Å². The number of hydrogen-bond acceptors (Lipinski definition) is 3. The number of carbonyl (C=O) groups is 2. The fraction of sp³-hybridized carbons (Fsp3) is 0.692. The van der Waals surface area contributed by atoms with Gasteiger partial charge in [-0.15, -0.1) is 0 Å². The maximum atomic E-state index is 12.2. The van der Waals surface area contributed by atoms with E-state index in [1.807, 2.05) is 12.2 Å². The van der Waals surface area contributed by atoms with Crippen LogP contribution < -0.4 is 0 Å². The number of ether oxygens (including phenoxy) is 1. The third-order valence-corrected chi connectivity index (χ3v) is 4.01. The minimum Gasteiger partial charge on any atom is -0.376 e. The second-order valence-corrected chi connectivity index (χ2v) is 5.08. The molecule has 2 saturated heterocycles. The van der Waals surface area contributed by atoms with Gasteiger partial charge in [-0.2, -0.15) is 0 Å². The van der Waals surface area contributed by atoms with Crippen molar-refractivity contribution in [2.45, 2.75) is 31.8 Å². The molecule has 4 heteroatoms. The lowest BCUT2D eigenvalue weighted by molar-refractivity contribution is -0.141. The lowest BCUT2D eigenvalue weighted by Crippen LogP contribution is -2.37. The highest BCUT2D eigenvalue weighted by molar-refractivity contribution is 6.05. The molecule has 1 aliphatic carbocycles. The fourth-order valence-electron chi connectivity index (χ4n) is 3.04. The van der Waals surface area contributed by atoms with Crippen molar-refractivity contribution in [1.82, 2.24) is 4.90 Å². The Hall–Kier alpha value is -1.16. The highest BCUT2D eigenvalue weighted by atomic mass is 16.5. The van der Waals surface area contributed by atoms with Gasteiger partial charge in [-0.1, -0.05) is 12.2 Å². The molecular formula is C13H17NO3. The van der Waals surface area contributed by atoms with E-state index in [4.69, 9.17) is 4.74 Å². The summed E-state index contributed by atoms with van der Waals surface area (Å²) in [4.78, 5) is 25.7. The zero-order chi connectivity index (χ0) is 11.8. The van der Waals surface area contributed by atoms with Crippen LogP contribution in [0.2, 0.25) is 0 Å². The largest absolute Gasteiger partial charge is 0.376 e. The summed E-state index contributed by atoms with van der Waals surface area (Å²) in [5.74, 6) is -0.178. The number of amides is 2. The van der Waals surface area contributed by atoms with Crippen LogP contribution in [-0.2, 0) is 14.3 Å². The van der Waals surface area contributed by atoms with E-state index >= 15 is 0 Å². The van der Waals surface area contributed by atoms with E-state index < -0.39 is 0 Å². The molecule has 0 aromatic heterocycles. The first-order valence-corrected chi connectivity index (χ1v) is 6.39. The molecule has 0 N–H and O–H groups in total. The Kier molecular flexibility index (Phi) is 2.74. The third-order valence-electron chi connectivity index (χ3n) is 4.01. The summed E-state index contributed by atoms with van der Waals surface area (Å²) in [6.07, 6.45) is 7.54. The number of imide groups is 1. The van der Waals surface area contributed by atoms with Crippen LogP contribution in [0.15, 0.2) is 12.2 Å². The molecule has 0 aromatic carbocycles. The zero-order valence-corrected chi connectivity index (χ0v) is 9.80. The van der Waals surface area contributed by atoms with Crippen molar-refractivity contribution >= 4 is 11.8 Å². The van der Waals surface area contributed by atoms with Gasteiger partial charge in [-0.05, 0) is 25.7 Å². The number of fused-ring (bicyclic) bond motifs is 1. The van der Waals surface area contributed by atoms with Crippen molar-refractivity contribution < 1.29 is 14.3 Å². The van der Waals surface area contributed by atoms with Gasteiger partial charge in [0.1, 0.15) is 0 Å². The number of nitrogens with zero attached hydrogens (tertiary/aromatic N) is 1. The zero-order valence-electron chi connectivity index (χ0n) is 9.80. The van der Waals surface area contributed by atoms with Gasteiger partial charge >= 0.3 is 0 Å². The number of rotatable bonds is 2. The van der Waals surface area contributed by atoms with Gasteiger partial charge in [0, 0.05) is 6.61 Å². The van der Waals surface area contributed by atoms with Gasteiger partial charge in [-0.3, -0.25) is 14.5 Å². The Labute approximate surface area is 101 Å². The van der Waals surface area contributed by atoms with E-state index in [9.17, 15) is 9.59 Å². The molecule has 17 heavy (non-hydrogen) atoms. The minimum absolute atomic E-state index is 0.0138. The van der Waals surface area contributed by atoms with Gasteiger partial charge in [0.05, 0.1) is 24.5 Å². The van der Waals surface area contributed by atoms with Crippen molar-refractivity contribution in [2.75, 3.05) is 13.2 Å². The first-order valence-electron chi connectivity index (χ1n) is 6.39. The van der Waals surface area contributed by atoms with Crippen molar-refractivity contribution in [3.8, 4) is 0 Å². The van der Waals surface area contributed by atoms with E-state index in [1.54, 1.807) is 0 Å². The minimum atomic E-state index is -0.103. The predicted octanol–water partition coefficient (Wildman–Crippen LogP) is 1.12. The van der Waals surface area contributed by atoms with Gasteiger partial charge in [0.25, 0.3) is 0 Å². The van der Waals surface area contributed by atoms with E-state index in [-0.39, 0.29) is 29.8 Å². The quantitative estimate of drug-likeness (QED) is 0.532. The van der Waals surface area contributed by atoms with Crippen LogP contribution in [0.3, 0.4) is 0 Å². The average molecular weight is 235 g/mol. The molecule has 3 rings (SSSR count). The van der Waals surface area contributed by atoms with Crippen LogP contribution >= 0.6 is 0 Å². The number of carbonyl (C=O) groups excluding carboxylic acids is 2. The van der Waals surface area contributed by atoms with Crippen molar-refractivity contribution in [3.05, 3.63) is 12.2 Å². The maximum absolute atomic E-state index is 12.2. The smallest absolute Gasteiger partial charge is 0.233 e. The summed E-state index contributed by atoms with van der Waals surface area (Å²) in [7, 11) is 0. The second kappa shape index (κ2) is 4.26. The summed E-state index contributed by atoms with van der Waals surface area (Å²) < 4.78 is 5.50. The van der Waals surface area contributed by atoms with Gasteiger partial charge in [0.2, 0.25) is 11.8 Å². The molecule has 2 aliphatic heterocycles. The molecule has 0 saturated carbocycles. The molecule has 3 aliphatic rings. The molecular weight excluding hydrogens is 218 g/mol. The van der Waals surface area contributed by atoms with Gasteiger partial charge in [0.15, 0.2) is 0 Å². The number of hydrogen-bond donors (Lipinski definition) is 0. The summed E-state index contributed by atoms with van der Waals surface area (Å²) in [6.45, 7) is 1.22. The molecule has 2 amide bonds. The highest BCUT2D eigenvalue weighted by Gasteiger charge is 2.47. The average Bonchev–Trinajstić information content (AvgIpc) is 2.94. The maximum Gasteiger partial charge on any atom is 0.233 e. The summed E-state index contributed by atoms with van der Waals surface area (Å²) >= 11 is 0. The van der Waals surface area contributed by atoms with Crippen LogP contribution in [0.4, 0.5) is 0 Å². The Morgan fingerprint density at radius 2 is 1.82 bits per heavy atom. The predicted molar refractivity (Wildman–Crippen MR) is 61.0 cm³/mol. The van der Waals surface area contributed by atoms with E-state index in [2.05, 4.69) is 0 Å². The van der Waals surface area contributed by atoms with Crippen molar-refractivity contribution in [3.63, 3.8) is 0 Å². The van der Waals surface area contributed by atoms with E-state index in [0.717, 1.165) is 32.3 Å². The van der Waals surface area contributed by atoms with Crippen molar-refractivity contribution in [2.24, 2.45) is 11.8 Å². The fourth-order valence-corrected chi connectivity index (χ4v) is 3.04. The Morgan fingerprint density at radius 1 is 1.18 bits per heavy atom. The normalized spacial score (nSPS) is 36.7. The molecule has 4 nitrogen and oxygen atoms in total. The number of allylic oxidation sites excluding steroid dienone is 2. The summed E-state index contributed by atoms with van der Waals surface area (Å²) in [6, 6.07) is 0. The number of likely N-dealkylation sites (tertiary alicyclic amines) is 1. The molecule has 0 bridgehead atoms. The van der Waals surface area contributed by atoms with Crippen LogP contribution in [0, 0.1) is 11.8 Å². The molecule has 3 atom stereocenters. The van der Waals surface area contributed by atoms with Crippen LogP contribution in [0.5, 0.6) is 0 Å². The molecule has 0 aromatic rings. The standard InChI is InChI=1S/C13H17NO3/c15-12-10-5-1-2-6-11(10)13(16)14(12)8-9-4-3-7-17-9/h1-2,9-11H,3-8H2/t9-,10+,11+/m0/s1.